The van der Waals surface area contributed by atoms with Gasteiger partial charge in [0.15, 0.2) is 5.82 Å². The Balaban J connectivity index is 1.53. The number of imidazole rings is 1. The highest BCUT2D eigenvalue weighted by Gasteiger charge is 2.40. The number of nitrogen functional groups attached to an aromatic ring is 1. The number of nitrogens with zero attached hydrogens (tertiary/aromatic N) is 4. The third kappa shape index (κ3) is 3.48. The van der Waals surface area contributed by atoms with Crippen molar-refractivity contribution in [2.45, 2.75) is 54.3 Å². The van der Waals surface area contributed by atoms with Gasteiger partial charge < -0.3 is 10.8 Å². The van der Waals surface area contributed by atoms with Gasteiger partial charge in [-0.05, 0) is 43.7 Å². The van der Waals surface area contributed by atoms with Crippen molar-refractivity contribution in [2.24, 2.45) is 5.92 Å². The number of benzene rings is 1. The molecule has 7 nitrogen and oxygen atoms in total. The van der Waals surface area contributed by atoms with Gasteiger partial charge in [-0.25, -0.2) is 14.5 Å². The summed E-state index contributed by atoms with van der Waals surface area (Å²) in [5.74, 6) is -0.261. The molecule has 3 aromatic rings. The molecule has 1 aliphatic heterocycles. The van der Waals surface area contributed by atoms with Crippen LogP contribution in [0.5, 0.6) is 0 Å². The van der Waals surface area contributed by atoms with E-state index in [-0.39, 0.29) is 27.8 Å². The molecule has 0 spiro atoms. The normalized spacial score (nSPS) is 23.4. The maximum Gasteiger partial charge on any atom is 0.417 e. The van der Waals surface area contributed by atoms with E-state index >= 15 is 0 Å². The number of carboxylic acid groups (broad SMARTS) is 1. The quantitative estimate of drug-likeness (QED) is 0.590. The minimum Gasteiger partial charge on any atom is -0.481 e. The maximum absolute atomic E-state index is 13.5. The highest BCUT2D eigenvalue weighted by molar-refractivity contribution is 8.00. The summed E-state index contributed by atoms with van der Waals surface area (Å²) in [6, 6.07) is 4.24. The number of fused-ring (bicyclic) bond motifs is 2. The standard InChI is InChI=1S/C21H20F3N5O2S/c22-21(23,24)13-3-1-2-12-8-14(32-17(12)13)15-16-18(25)26-9-27-29(16)19(28-15)10-4-6-11(7-5-10)20(30)31/h1-3,9-11,14H,4-8H2,(H,30,31)(H2,25,26,27)/t10-,11-,14?. The van der Waals surface area contributed by atoms with E-state index in [0.717, 1.165) is 17.8 Å². The van der Waals surface area contributed by atoms with Gasteiger partial charge in [0.05, 0.1) is 22.4 Å². The largest absolute Gasteiger partial charge is 0.481 e. The average molecular weight is 463 g/mol. The van der Waals surface area contributed by atoms with Crippen molar-refractivity contribution in [1.29, 1.82) is 0 Å². The van der Waals surface area contributed by atoms with Crippen molar-refractivity contribution in [3.05, 3.63) is 47.2 Å². The molecule has 1 saturated carbocycles. The van der Waals surface area contributed by atoms with E-state index in [0.29, 0.717) is 54.7 Å². The maximum atomic E-state index is 13.5. The molecule has 0 radical (unpaired) electrons. The van der Waals surface area contributed by atoms with Gasteiger partial charge in [0, 0.05) is 10.8 Å². The molecule has 3 N–H and O–H groups in total. The van der Waals surface area contributed by atoms with Crippen LogP contribution in [-0.2, 0) is 17.4 Å². The van der Waals surface area contributed by atoms with E-state index < -0.39 is 17.7 Å². The van der Waals surface area contributed by atoms with Gasteiger partial charge in [-0.15, -0.1) is 11.8 Å². The van der Waals surface area contributed by atoms with Gasteiger partial charge in [0.25, 0.3) is 0 Å². The number of carbonyl (C=O) groups is 1. The number of aromatic nitrogens is 4. The van der Waals surface area contributed by atoms with Crippen LogP contribution in [0.1, 0.15) is 59.5 Å². The molecule has 1 fully saturated rings. The summed E-state index contributed by atoms with van der Waals surface area (Å²) in [4.78, 5) is 20.4. The number of anilines is 1. The van der Waals surface area contributed by atoms with Crippen LogP contribution in [0.15, 0.2) is 29.4 Å². The monoisotopic (exact) mass is 463 g/mol. The van der Waals surface area contributed by atoms with Crippen LogP contribution in [0.3, 0.4) is 0 Å². The van der Waals surface area contributed by atoms with E-state index in [1.165, 1.54) is 12.4 Å². The lowest BCUT2D eigenvalue weighted by atomic mass is 9.82. The Morgan fingerprint density at radius 1 is 1.22 bits per heavy atom. The lowest BCUT2D eigenvalue weighted by Gasteiger charge is -2.24. The molecule has 1 aromatic carbocycles. The molecule has 3 heterocycles. The van der Waals surface area contributed by atoms with E-state index in [1.54, 1.807) is 10.6 Å². The second-order valence-corrected chi connectivity index (χ2v) is 9.46. The van der Waals surface area contributed by atoms with Crippen molar-refractivity contribution in [1.82, 2.24) is 19.6 Å². The topological polar surface area (TPSA) is 106 Å². The summed E-state index contributed by atoms with van der Waals surface area (Å²) >= 11 is 1.15. The Hall–Kier alpha value is -2.82. The van der Waals surface area contributed by atoms with Gasteiger partial charge in [-0.1, -0.05) is 12.1 Å². The van der Waals surface area contributed by atoms with Gasteiger partial charge in [-0.2, -0.15) is 18.3 Å². The van der Waals surface area contributed by atoms with Gasteiger partial charge in [0.1, 0.15) is 17.7 Å². The number of carboxylic acids is 1. The summed E-state index contributed by atoms with van der Waals surface area (Å²) in [6.45, 7) is 0. The first kappa shape index (κ1) is 21.0. The number of aliphatic carboxylic acids is 1. The first-order valence-corrected chi connectivity index (χ1v) is 11.2. The molecule has 32 heavy (non-hydrogen) atoms. The lowest BCUT2D eigenvalue weighted by Crippen LogP contribution is -2.21. The summed E-state index contributed by atoms with van der Waals surface area (Å²) < 4.78 is 42.2. The predicted octanol–water partition coefficient (Wildman–Crippen LogP) is 4.47. The third-order valence-electron chi connectivity index (χ3n) is 6.33. The van der Waals surface area contributed by atoms with Crippen LogP contribution >= 0.6 is 11.8 Å². The molecule has 168 valence electrons. The zero-order chi connectivity index (χ0) is 22.6. The smallest absolute Gasteiger partial charge is 0.417 e. The number of nitrogens with two attached hydrogens (primary N) is 1. The van der Waals surface area contributed by atoms with E-state index in [1.807, 2.05) is 0 Å². The van der Waals surface area contributed by atoms with Crippen molar-refractivity contribution in [3.8, 4) is 0 Å². The molecule has 1 atom stereocenters. The molecular weight excluding hydrogens is 443 g/mol. The first-order valence-electron chi connectivity index (χ1n) is 10.3. The van der Waals surface area contributed by atoms with Crippen LogP contribution in [0.25, 0.3) is 5.52 Å². The van der Waals surface area contributed by atoms with Crippen molar-refractivity contribution >= 4 is 29.1 Å². The zero-order valence-corrected chi connectivity index (χ0v) is 17.7. The highest BCUT2D eigenvalue weighted by Crippen LogP contribution is 2.52. The van der Waals surface area contributed by atoms with Crippen LogP contribution in [-0.4, -0.2) is 30.7 Å². The number of rotatable bonds is 3. The van der Waals surface area contributed by atoms with Crippen molar-refractivity contribution in [2.75, 3.05) is 5.73 Å². The molecule has 2 aliphatic rings. The Morgan fingerprint density at radius 3 is 2.66 bits per heavy atom. The number of hydrogen-bond acceptors (Lipinski definition) is 6. The van der Waals surface area contributed by atoms with Crippen LogP contribution in [0.2, 0.25) is 0 Å². The molecule has 0 amide bonds. The van der Waals surface area contributed by atoms with Gasteiger partial charge >= 0.3 is 12.1 Å². The summed E-state index contributed by atoms with van der Waals surface area (Å²) in [5.41, 5.74) is 7.24. The number of thioether (sulfide) groups is 1. The Morgan fingerprint density at radius 2 is 1.97 bits per heavy atom. The molecule has 1 unspecified atom stereocenters. The molecule has 0 bridgehead atoms. The molecular formula is C21H20F3N5O2S. The minimum absolute atomic E-state index is 0.000615. The number of alkyl halides is 3. The first-order chi connectivity index (χ1) is 15.2. The van der Waals surface area contributed by atoms with E-state index in [9.17, 15) is 23.1 Å². The summed E-state index contributed by atoms with van der Waals surface area (Å²) in [7, 11) is 0. The van der Waals surface area contributed by atoms with Crippen LogP contribution in [0.4, 0.5) is 19.0 Å². The molecule has 0 saturated heterocycles. The fraction of sp³-hybridized carbons (Fsp3) is 0.429. The van der Waals surface area contributed by atoms with Crippen molar-refractivity contribution < 1.29 is 23.1 Å². The fourth-order valence-corrected chi connectivity index (χ4v) is 6.17. The minimum atomic E-state index is -4.43. The Bertz CT molecular complexity index is 1200. The number of halogens is 3. The second kappa shape index (κ2) is 7.65. The second-order valence-electron chi connectivity index (χ2n) is 8.25. The van der Waals surface area contributed by atoms with Gasteiger partial charge in [0.2, 0.25) is 0 Å². The zero-order valence-electron chi connectivity index (χ0n) is 16.8. The average Bonchev–Trinajstić information content (AvgIpc) is 3.35. The Kier molecular flexibility index (Phi) is 5.03. The van der Waals surface area contributed by atoms with E-state index in [4.69, 9.17) is 10.7 Å². The van der Waals surface area contributed by atoms with E-state index in [2.05, 4.69) is 10.1 Å². The fourth-order valence-electron chi connectivity index (χ4n) is 4.74. The van der Waals surface area contributed by atoms with Crippen LogP contribution < -0.4 is 5.73 Å². The third-order valence-corrected chi connectivity index (χ3v) is 7.72. The highest BCUT2D eigenvalue weighted by atomic mass is 32.2. The molecule has 1 aliphatic carbocycles. The Labute approximate surface area is 185 Å². The SMILES string of the molecule is Nc1ncnn2c1c(C1Cc3cccc(C(F)(F)F)c3S1)nc2[C@H]1CC[C@H](C(=O)O)CC1. The lowest BCUT2D eigenvalue weighted by molar-refractivity contribution is -0.143. The van der Waals surface area contributed by atoms with Crippen molar-refractivity contribution in [3.63, 3.8) is 0 Å². The molecule has 5 rings (SSSR count). The summed E-state index contributed by atoms with van der Waals surface area (Å²) in [6.07, 6.45) is -0.313. The molecule has 11 heteroatoms. The van der Waals surface area contributed by atoms with Gasteiger partial charge in [-0.3, -0.25) is 4.79 Å². The molecule has 2 aromatic heterocycles. The summed E-state index contributed by atoms with van der Waals surface area (Å²) in [5, 5.41) is 13.3. The predicted molar refractivity (Wildman–Crippen MR) is 111 cm³/mol. The van der Waals surface area contributed by atoms with Crippen LogP contribution in [0, 0.1) is 5.92 Å². The number of hydrogen-bond donors (Lipinski definition) is 2.